The zero-order valence-corrected chi connectivity index (χ0v) is 13.0. The SMILES string of the molecule is N[C@@H](CC(=O)N1CC(F)(F)COc2ccccc21)c1ccccc1. The average molecular weight is 332 g/mol. The van der Waals surface area contributed by atoms with Crippen LogP contribution in [0.25, 0.3) is 0 Å². The van der Waals surface area contributed by atoms with Crippen molar-refractivity contribution in [1.82, 2.24) is 0 Å². The highest BCUT2D eigenvalue weighted by Gasteiger charge is 2.39. The number of hydrogen-bond acceptors (Lipinski definition) is 3. The van der Waals surface area contributed by atoms with Crippen molar-refractivity contribution in [2.24, 2.45) is 5.73 Å². The van der Waals surface area contributed by atoms with Gasteiger partial charge in [-0.3, -0.25) is 4.79 Å². The van der Waals surface area contributed by atoms with Crippen LogP contribution in [-0.2, 0) is 4.79 Å². The normalized spacial score (nSPS) is 17.4. The fourth-order valence-corrected chi connectivity index (χ4v) is 2.69. The monoisotopic (exact) mass is 332 g/mol. The maximum Gasteiger partial charge on any atom is 0.298 e. The zero-order valence-electron chi connectivity index (χ0n) is 13.0. The molecule has 0 aliphatic carbocycles. The van der Waals surface area contributed by atoms with Crippen molar-refractivity contribution in [2.45, 2.75) is 18.4 Å². The molecule has 2 aromatic rings. The number of hydrogen-bond donors (Lipinski definition) is 1. The van der Waals surface area contributed by atoms with Crippen LogP contribution in [0.5, 0.6) is 5.75 Å². The van der Waals surface area contributed by atoms with Gasteiger partial charge in [0, 0.05) is 12.5 Å². The van der Waals surface area contributed by atoms with Crippen molar-refractivity contribution in [2.75, 3.05) is 18.1 Å². The summed E-state index contributed by atoms with van der Waals surface area (Å²) in [5.74, 6) is -3.30. The van der Waals surface area contributed by atoms with Gasteiger partial charge in [0.05, 0.1) is 12.2 Å². The lowest BCUT2D eigenvalue weighted by atomic mass is 10.0. The Labute approximate surface area is 138 Å². The van der Waals surface area contributed by atoms with Crippen LogP contribution in [0.3, 0.4) is 0 Å². The minimum atomic E-state index is -3.12. The number of fused-ring (bicyclic) bond motifs is 1. The van der Waals surface area contributed by atoms with Crippen LogP contribution in [-0.4, -0.2) is 25.0 Å². The first-order chi connectivity index (χ1) is 11.5. The second-order valence-corrected chi connectivity index (χ2v) is 5.81. The molecule has 126 valence electrons. The summed E-state index contributed by atoms with van der Waals surface area (Å²) < 4.78 is 33.1. The summed E-state index contributed by atoms with van der Waals surface area (Å²) in [6.45, 7) is -1.47. The van der Waals surface area contributed by atoms with Gasteiger partial charge in [-0.15, -0.1) is 0 Å². The molecule has 0 saturated heterocycles. The molecule has 0 fully saturated rings. The van der Waals surface area contributed by atoms with Crippen LogP contribution in [0.15, 0.2) is 54.6 Å². The Bertz CT molecular complexity index is 722. The van der Waals surface area contributed by atoms with Gasteiger partial charge in [0.25, 0.3) is 5.92 Å². The third-order valence-corrected chi connectivity index (χ3v) is 3.91. The van der Waals surface area contributed by atoms with Crippen molar-refractivity contribution in [3.8, 4) is 5.75 Å². The number of carbonyl (C=O) groups excluding carboxylic acids is 1. The van der Waals surface area contributed by atoms with Crippen LogP contribution in [0.4, 0.5) is 14.5 Å². The number of benzene rings is 2. The number of rotatable bonds is 3. The molecule has 24 heavy (non-hydrogen) atoms. The lowest BCUT2D eigenvalue weighted by molar-refractivity contribution is -0.120. The predicted octanol–water partition coefficient (Wildman–Crippen LogP) is 3.14. The summed E-state index contributed by atoms with van der Waals surface area (Å²) in [4.78, 5) is 13.7. The van der Waals surface area contributed by atoms with E-state index < -0.39 is 31.0 Å². The molecule has 1 atom stereocenters. The van der Waals surface area contributed by atoms with Crippen molar-refractivity contribution < 1.29 is 18.3 Å². The molecular weight excluding hydrogens is 314 g/mol. The first kappa shape index (κ1) is 16.4. The van der Waals surface area contributed by atoms with Gasteiger partial charge in [0.2, 0.25) is 5.91 Å². The van der Waals surface area contributed by atoms with Crippen molar-refractivity contribution >= 4 is 11.6 Å². The highest BCUT2D eigenvalue weighted by atomic mass is 19.3. The zero-order chi connectivity index (χ0) is 17.2. The predicted molar refractivity (Wildman–Crippen MR) is 87.2 cm³/mol. The van der Waals surface area contributed by atoms with E-state index in [1.165, 1.54) is 0 Å². The van der Waals surface area contributed by atoms with Gasteiger partial charge in [-0.25, -0.2) is 8.78 Å². The van der Waals surface area contributed by atoms with Crippen LogP contribution >= 0.6 is 0 Å². The maximum atomic E-state index is 14.0. The van der Waals surface area contributed by atoms with Crippen LogP contribution in [0.2, 0.25) is 0 Å². The van der Waals surface area contributed by atoms with Gasteiger partial charge >= 0.3 is 0 Å². The Morgan fingerprint density at radius 2 is 1.83 bits per heavy atom. The van der Waals surface area contributed by atoms with Crippen LogP contribution in [0, 0.1) is 0 Å². The maximum absolute atomic E-state index is 14.0. The number of halogens is 2. The molecule has 2 N–H and O–H groups in total. The molecule has 0 saturated carbocycles. The van der Waals surface area contributed by atoms with Crippen molar-refractivity contribution in [3.05, 3.63) is 60.2 Å². The minimum Gasteiger partial charge on any atom is -0.485 e. The number of anilines is 1. The molecule has 0 aromatic heterocycles. The number of nitrogens with two attached hydrogens (primary N) is 1. The third kappa shape index (κ3) is 3.54. The first-order valence-electron chi connectivity index (χ1n) is 7.67. The Hall–Kier alpha value is -2.47. The molecule has 6 heteroatoms. The smallest absolute Gasteiger partial charge is 0.298 e. The standard InChI is InChI=1S/C18H18F2N2O2/c19-18(20)11-22(15-8-4-5-9-16(15)24-12-18)17(23)10-14(21)13-6-2-1-3-7-13/h1-9,14H,10-12,21H2/t14-/m0/s1. The van der Waals surface area contributed by atoms with Crippen molar-refractivity contribution in [1.29, 1.82) is 0 Å². The highest BCUT2D eigenvalue weighted by Crippen LogP contribution is 2.35. The fourth-order valence-electron chi connectivity index (χ4n) is 2.69. The molecule has 0 unspecified atom stereocenters. The van der Waals surface area contributed by atoms with E-state index in [1.54, 1.807) is 24.3 Å². The first-order valence-corrected chi connectivity index (χ1v) is 7.67. The Morgan fingerprint density at radius 1 is 1.17 bits per heavy atom. The molecule has 1 heterocycles. The largest absolute Gasteiger partial charge is 0.485 e. The molecule has 1 amide bonds. The summed E-state index contributed by atoms with van der Waals surface area (Å²) in [6.07, 6.45) is -0.0611. The minimum absolute atomic E-state index is 0.0611. The summed E-state index contributed by atoms with van der Waals surface area (Å²) in [5.41, 5.74) is 7.20. The number of ether oxygens (including phenoxy) is 1. The fraction of sp³-hybridized carbons (Fsp3) is 0.278. The molecule has 0 spiro atoms. The molecule has 0 radical (unpaired) electrons. The van der Waals surface area contributed by atoms with E-state index in [9.17, 15) is 13.6 Å². The molecule has 0 bridgehead atoms. The van der Waals surface area contributed by atoms with E-state index in [1.807, 2.05) is 30.3 Å². The second kappa shape index (κ2) is 6.57. The lowest BCUT2D eigenvalue weighted by Gasteiger charge is -2.25. The molecule has 2 aromatic carbocycles. The van der Waals surface area contributed by atoms with Gasteiger partial charge in [0.15, 0.2) is 6.61 Å². The van der Waals surface area contributed by atoms with E-state index in [0.717, 1.165) is 10.5 Å². The highest BCUT2D eigenvalue weighted by molar-refractivity contribution is 5.95. The second-order valence-electron chi connectivity index (χ2n) is 5.81. The van der Waals surface area contributed by atoms with Crippen molar-refractivity contribution in [3.63, 3.8) is 0 Å². The lowest BCUT2D eigenvalue weighted by Crippen LogP contribution is -2.42. The number of para-hydroxylation sites is 2. The Balaban J connectivity index is 1.84. The summed E-state index contributed by atoms with van der Waals surface area (Å²) in [7, 11) is 0. The Kier molecular flexibility index (Phi) is 4.49. The molecule has 3 rings (SSSR count). The van der Waals surface area contributed by atoms with Gasteiger partial charge in [-0.05, 0) is 17.7 Å². The average Bonchev–Trinajstić information content (AvgIpc) is 2.72. The van der Waals surface area contributed by atoms with E-state index in [4.69, 9.17) is 10.5 Å². The molecule has 1 aliphatic rings. The molecule has 4 nitrogen and oxygen atoms in total. The van der Waals surface area contributed by atoms with E-state index >= 15 is 0 Å². The molecular formula is C18H18F2N2O2. The van der Waals surface area contributed by atoms with Crippen LogP contribution in [0.1, 0.15) is 18.0 Å². The van der Waals surface area contributed by atoms with Gasteiger partial charge in [-0.1, -0.05) is 42.5 Å². The summed E-state index contributed by atoms with van der Waals surface area (Å²) in [5, 5.41) is 0. The Morgan fingerprint density at radius 3 is 2.58 bits per heavy atom. The van der Waals surface area contributed by atoms with Gasteiger partial charge in [-0.2, -0.15) is 0 Å². The molecule has 1 aliphatic heterocycles. The van der Waals surface area contributed by atoms with Crippen LogP contribution < -0.4 is 15.4 Å². The van der Waals surface area contributed by atoms with E-state index in [2.05, 4.69) is 0 Å². The quantitative estimate of drug-likeness (QED) is 0.939. The van der Waals surface area contributed by atoms with E-state index in [-0.39, 0.29) is 12.2 Å². The van der Waals surface area contributed by atoms with E-state index in [0.29, 0.717) is 5.69 Å². The number of carbonyl (C=O) groups is 1. The topological polar surface area (TPSA) is 55.6 Å². The third-order valence-electron chi connectivity index (χ3n) is 3.91. The summed E-state index contributed by atoms with van der Waals surface area (Å²) in [6, 6.07) is 15.1. The number of nitrogens with zero attached hydrogens (tertiary/aromatic N) is 1. The number of amides is 1. The van der Waals surface area contributed by atoms with Gasteiger partial charge < -0.3 is 15.4 Å². The summed E-state index contributed by atoms with van der Waals surface area (Å²) >= 11 is 0. The van der Waals surface area contributed by atoms with Gasteiger partial charge in [0.1, 0.15) is 5.75 Å². The number of alkyl halides is 2.